The lowest BCUT2D eigenvalue weighted by atomic mass is 10.1. The molecule has 0 saturated carbocycles. The van der Waals surface area contributed by atoms with Crippen LogP contribution in [0.4, 0.5) is 10.1 Å². The van der Waals surface area contributed by atoms with Gasteiger partial charge in [0.2, 0.25) is 0 Å². The number of rotatable bonds is 7. The van der Waals surface area contributed by atoms with Gasteiger partial charge in [0.25, 0.3) is 11.5 Å². The quantitative estimate of drug-likeness (QED) is 0.274. The average molecular weight is 486 g/mol. The van der Waals surface area contributed by atoms with Gasteiger partial charge < -0.3 is 15.6 Å². The van der Waals surface area contributed by atoms with Crippen LogP contribution in [0.5, 0.6) is 0 Å². The van der Waals surface area contributed by atoms with Crippen molar-refractivity contribution < 1.29 is 9.18 Å². The molecule has 0 aliphatic carbocycles. The molecule has 11 nitrogen and oxygen atoms in total. The molecule has 1 amide bonds. The lowest BCUT2D eigenvalue weighted by Gasteiger charge is -2.10. The lowest BCUT2D eigenvalue weighted by molar-refractivity contribution is 0.0950. The molecular formula is C24H19FN8O3. The first-order valence-corrected chi connectivity index (χ1v) is 10.9. The van der Waals surface area contributed by atoms with Crippen molar-refractivity contribution in [3.8, 4) is 5.69 Å². The largest absolute Gasteiger partial charge is 0.381 e. The third-order valence-corrected chi connectivity index (χ3v) is 5.49. The zero-order chi connectivity index (χ0) is 25.1. The number of anilines is 1. The third-order valence-electron chi connectivity index (χ3n) is 5.49. The van der Waals surface area contributed by atoms with E-state index in [1.54, 1.807) is 30.3 Å². The first-order chi connectivity index (χ1) is 17.5. The molecule has 3 aromatic carbocycles. The van der Waals surface area contributed by atoms with Crippen molar-refractivity contribution in [3.05, 3.63) is 110 Å². The van der Waals surface area contributed by atoms with Gasteiger partial charge in [-0.25, -0.2) is 13.8 Å². The number of carbonyl (C=O) groups excluding carboxylic acids is 1. The summed E-state index contributed by atoms with van der Waals surface area (Å²) in [6.45, 7) is 0.545. The smallest absolute Gasteiger partial charge is 0.333 e. The fourth-order valence-electron chi connectivity index (χ4n) is 3.65. The number of amides is 1. The Bertz CT molecular complexity index is 1640. The topological polar surface area (TPSA) is 150 Å². The van der Waals surface area contributed by atoms with Crippen molar-refractivity contribution >= 4 is 22.5 Å². The number of aromatic nitrogens is 6. The fourth-order valence-corrected chi connectivity index (χ4v) is 3.65. The molecule has 4 N–H and O–H groups in total. The number of aromatic amines is 2. The van der Waals surface area contributed by atoms with Crippen molar-refractivity contribution in [2.75, 3.05) is 5.32 Å². The van der Waals surface area contributed by atoms with Gasteiger partial charge in [0.05, 0.1) is 23.1 Å². The molecule has 0 unspecified atom stereocenters. The maximum atomic E-state index is 13.1. The third kappa shape index (κ3) is 4.73. The zero-order valence-corrected chi connectivity index (χ0v) is 18.7. The first kappa shape index (κ1) is 22.7. The fraction of sp³-hybridized carbons (Fsp3) is 0.0833. The highest BCUT2D eigenvalue weighted by molar-refractivity contribution is 5.94. The summed E-state index contributed by atoms with van der Waals surface area (Å²) in [7, 11) is 0. The minimum Gasteiger partial charge on any atom is -0.381 e. The number of benzene rings is 3. The van der Waals surface area contributed by atoms with Crippen LogP contribution in [0, 0.1) is 5.82 Å². The monoisotopic (exact) mass is 486 g/mol. The second kappa shape index (κ2) is 9.62. The summed E-state index contributed by atoms with van der Waals surface area (Å²) in [5.74, 6) is -0.341. The highest BCUT2D eigenvalue weighted by Gasteiger charge is 2.12. The number of tetrazole rings is 1. The van der Waals surface area contributed by atoms with Crippen LogP contribution in [0.1, 0.15) is 21.7 Å². The summed E-state index contributed by atoms with van der Waals surface area (Å²) in [6, 6.07) is 17.2. The van der Waals surface area contributed by atoms with Crippen LogP contribution in [0.3, 0.4) is 0 Å². The standard InChI is InChI=1S/C24H19FN8O3/c25-16-5-1-14(2-6-16)12-26-17-7-10-19-20(11-17)28-24(36)33(23(19)35)18-8-3-15(4-9-18)22(34)27-13-21-29-31-32-30-21/h1-11,26H,12-13H2,(H,27,34)(H,28,36)(H,29,30,31,32). The van der Waals surface area contributed by atoms with Crippen LogP contribution in [0.15, 0.2) is 76.3 Å². The van der Waals surface area contributed by atoms with Gasteiger partial charge >= 0.3 is 5.69 Å². The molecule has 180 valence electrons. The normalized spacial score (nSPS) is 10.9. The summed E-state index contributed by atoms with van der Waals surface area (Å²) in [4.78, 5) is 41.0. The molecular weight excluding hydrogens is 467 g/mol. The van der Waals surface area contributed by atoms with Crippen molar-refractivity contribution in [1.82, 2.24) is 35.5 Å². The molecule has 0 fully saturated rings. The number of nitrogens with zero attached hydrogens (tertiary/aromatic N) is 4. The van der Waals surface area contributed by atoms with Gasteiger partial charge in [0.15, 0.2) is 5.82 Å². The molecule has 0 bridgehead atoms. The number of fused-ring (bicyclic) bond motifs is 1. The Kier molecular flexibility index (Phi) is 6.05. The van der Waals surface area contributed by atoms with Gasteiger partial charge in [0.1, 0.15) is 5.82 Å². The summed E-state index contributed by atoms with van der Waals surface area (Å²) in [6.07, 6.45) is 0. The predicted molar refractivity (Wildman–Crippen MR) is 129 cm³/mol. The van der Waals surface area contributed by atoms with Gasteiger partial charge in [-0.05, 0) is 60.2 Å². The first-order valence-electron chi connectivity index (χ1n) is 10.9. The number of halogens is 1. The molecule has 5 aromatic rings. The van der Waals surface area contributed by atoms with E-state index >= 15 is 0 Å². The minimum absolute atomic E-state index is 0.0988. The number of hydrogen-bond acceptors (Lipinski definition) is 7. The van der Waals surface area contributed by atoms with Gasteiger partial charge in [-0.15, -0.1) is 10.2 Å². The Morgan fingerprint density at radius 3 is 2.47 bits per heavy atom. The summed E-state index contributed by atoms with van der Waals surface area (Å²) < 4.78 is 14.1. The van der Waals surface area contributed by atoms with E-state index in [1.807, 2.05) is 0 Å². The molecule has 0 saturated heterocycles. The van der Waals surface area contributed by atoms with Gasteiger partial charge in [0, 0.05) is 17.8 Å². The molecule has 0 aliphatic heterocycles. The molecule has 2 aromatic heterocycles. The van der Waals surface area contributed by atoms with Gasteiger partial charge in [-0.1, -0.05) is 17.3 Å². The lowest BCUT2D eigenvalue weighted by Crippen LogP contribution is -2.33. The number of carbonyl (C=O) groups is 1. The number of H-pyrrole nitrogens is 2. The second-order valence-electron chi connectivity index (χ2n) is 7.87. The highest BCUT2D eigenvalue weighted by atomic mass is 19.1. The summed E-state index contributed by atoms with van der Waals surface area (Å²) in [5.41, 5.74) is 1.50. The highest BCUT2D eigenvalue weighted by Crippen LogP contribution is 2.16. The van der Waals surface area contributed by atoms with Crippen molar-refractivity contribution in [1.29, 1.82) is 0 Å². The van der Waals surface area contributed by atoms with Crippen LogP contribution < -0.4 is 21.9 Å². The van der Waals surface area contributed by atoms with Gasteiger partial charge in [-0.2, -0.15) is 5.21 Å². The molecule has 0 atom stereocenters. The Balaban J connectivity index is 1.35. The maximum absolute atomic E-state index is 13.1. The Morgan fingerprint density at radius 2 is 1.75 bits per heavy atom. The Labute approximate surface area is 202 Å². The second-order valence-corrected chi connectivity index (χ2v) is 7.87. The van der Waals surface area contributed by atoms with E-state index in [2.05, 4.69) is 36.2 Å². The van der Waals surface area contributed by atoms with E-state index in [9.17, 15) is 18.8 Å². The number of hydrogen-bond donors (Lipinski definition) is 4. The molecule has 0 spiro atoms. The molecule has 36 heavy (non-hydrogen) atoms. The van der Waals surface area contributed by atoms with Crippen molar-refractivity contribution in [2.24, 2.45) is 0 Å². The van der Waals surface area contributed by atoms with E-state index in [4.69, 9.17) is 0 Å². The molecule has 12 heteroatoms. The van der Waals surface area contributed by atoms with E-state index in [0.717, 1.165) is 10.1 Å². The van der Waals surface area contributed by atoms with Crippen molar-refractivity contribution in [3.63, 3.8) is 0 Å². The zero-order valence-electron chi connectivity index (χ0n) is 18.7. The SMILES string of the molecule is O=C(NCc1nn[nH]n1)c1ccc(-n2c(=O)[nH]c3cc(NCc4ccc(F)cc4)ccc3c2=O)cc1. The minimum atomic E-state index is -0.613. The average Bonchev–Trinajstić information content (AvgIpc) is 3.41. The van der Waals surface area contributed by atoms with E-state index < -0.39 is 11.2 Å². The van der Waals surface area contributed by atoms with Crippen molar-refractivity contribution in [2.45, 2.75) is 13.1 Å². The van der Waals surface area contributed by atoms with Crippen LogP contribution in [0.2, 0.25) is 0 Å². The van der Waals surface area contributed by atoms with Crippen LogP contribution >= 0.6 is 0 Å². The van der Waals surface area contributed by atoms with E-state index in [-0.39, 0.29) is 18.3 Å². The molecule has 0 radical (unpaired) electrons. The van der Waals surface area contributed by atoms with Crippen LogP contribution in [-0.4, -0.2) is 36.1 Å². The maximum Gasteiger partial charge on any atom is 0.333 e. The summed E-state index contributed by atoms with van der Waals surface area (Å²) in [5, 5.41) is 19.4. The Hall–Kier alpha value is -5.13. The number of nitrogens with one attached hydrogen (secondary N) is 4. The molecule has 0 aliphatic rings. The van der Waals surface area contributed by atoms with E-state index in [1.165, 1.54) is 36.4 Å². The van der Waals surface area contributed by atoms with Gasteiger partial charge in [-0.3, -0.25) is 9.59 Å². The predicted octanol–water partition coefficient (Wildman–Crippen LogP) is 1.87. The summed E-state index contributed by atoms with van der Waals surface area (Å²) >= 11 is 0. The van der Waals surface area contributed by atoms with Crippen LogP contribution in [-0.2, 0) is 13.1 Å². The molecule has 5 rings (SSSR count). The van der Waals surface area contributed by atoms with E-state index in [0.29, 0.717) is 40.2 Å². The Morgan fingerprint density at radius 1 is 0.972 bits per heavy atom. The molecule has 2 heterocycles. The van der Waals surface area contributed by atoms with Crippen LogP contribution in [0.25, 0.3) is 16.6 Å².